The van der Waals surface area contributed by atoms with Crippen molar-refractivity contribution in [1.82, 2.24) is 15.1 Å². The highest BCUT2D eigenvalue weighted by molar-refractivity contribution is 5.88. The van der Waals surface area contributed by atoms with Crippen molar-refractivity contribution in [3.63, 3.8) is 0 Å². The topological polar surface area (TPSA) is 52.7 Å². The first-order chi connectivity index (χ1) is 13.4. The first-order valence-electron chi connectivity index (χ1n) is 9.48. The Morgan fingerprint density at radius 3 is 2.64 bits per heavy atom. The van der Waals surface area contributed by atoms with Crippen LogP contribution in [-0.4, -0.2) is 47.8 Å². The number of carbonyl (C=O) groups is 2. The lowest BCUT2D eigenvalue weighted by Gasteiger charge is -2.35. The van der Waals surface area contributed by atoms with Crippen LogP contribution in [0.4, 0.5) is 4.39 Å². The molecule has 0 radical (unpaired) electrons. The van der Waals surface area contributed by atoms with E-state index in [1.54, 1.807) is 30.1 Å². The van der Waals surface area contributed by atoms with E-state index in [1.165, 1.54) is 11.6 Å². The number of piperazine rings is 1. The van der Waals surface area contributed by atoms with Gasteiger partial charge in [-0.25, -0.2) is 4.39 Å². The van der Waals surface area contributed by atoms with Crippen LogP contribution in [0.3, 0.4) is 0 Å². The molecule has 0 aromatic heterocycles. The average Bonchev–Trinajstić information content (AvgIpc) is 2.68. The minimum atomic E-state index is -0.596. The summed E-state index contributed by atoms with van der Waals surface area (Å²) < 4.78 is 14.0. The zero-order valence-corrected chi connectivity index (χ0v) is 16.3. The third-order valence-electron chi connectivity index (χ3n) is 5.11. The molecule has 0 spiro atoms. The van der Waals surface area contributed by atoms with E-state index >= 15 is 0 Å². The van der Waals surface area contributed by atoms with Gasteiger partial charge in [0, 0.05) is 38.8 Å². The first-order valence-corrected chi connectivity index (χ1v) is 9.48. The minimum absolute atomic E-state index is 0.0721. The van der Waals surface area contributed by atoms with Crippen molar-refractivity contribution in [3.8, 4) is 0 Å². The van der Waals surface area contributed by atoms with Gasteiger partial charge < -0.3 is 10.2 Å². The number of nitrogens with one attached hydrogen (secondary N) is 1. The van der Waals surface area contributed by atoms with Crippen LogP contribution >= 0.6 is 0 Å². The maximum atomic E-state index is 14.0. The highest BCUT2D eigenvalue weighted by Crippen LogP contribution is 2.17. The van der Waals surface area contributed by atoms with Crippen molar-refractivity contribution in [1.29, 1.82) is 0 Å². The molecule has 1 fully saturated rings. The number of halogens is 1. The molecular weight excluding hydrogens is 357 g/mol. The Labute approximate surface area is 165 Å². The van der Waals surface area contributed by atoms with Gasteiger partial charge in [0.15, 0.2) is 0 Å². The summed E-state index contributed by atoms with van der Waals surface area (Å²) in [5, 5.41) is 2.82. The summed E-state index contributed by atoms with van der Waals surface area (Å²) >= 11 is 0. The van der Waals surface area contributed by atoms with E-state index in [-0.39, 0.29) is 24.1 Å². The summed E-state index contributed by atoms with van der Waals surface area (Å²) in [7, 11) is 1.74. The largest absolute Gasteiger partial charge is 0.353 e. The molecule has 0 saturated carbocycles. The van der Waals surface area contributed by atoms with Gasteiger partial charge in [0.1, 0.15) is 5.82 Å². The number of hydrogen-bond acceptors (Lipinski definition) is 3. The van der Waals surface area contributed by atoms with E-state index < -0.39 is 6.04 Å². The molecule has 1 aliphatic rings. The predicted octanol–water partition coefficient (Wildman–Crippen LogP) is 2.48. The van der Waals surface area contributed by atoms with Gasteiger partial charge in [0.05, 0.1) is 12.5 Å². The SMILES string of the molecule is Cc1ccc(CN(C)C(=O)C[C@@H]2C(=O)NCCN2Cc2ccccc2F)cc1. The van der Waals surface area contributed by atoms with Crippen molar-refractivity contribution in [2.24, 2.45) is 0 Å². The molecule has 1 atom stereocenters. The van der Waals surface area contributed by atoms with Gasteiger partial charge >= 0.3 is 0 Å². The van der Waals surface area contributed by atoms with E-state index in [2.05, 4.69) is 5.32 Å². The van der Waals surface area contributed by atoms with E-state index in [1.807, 2.05) is 36.1 Å². The number of aryl methyl sites for hydroxylation is 1. The molecule has 0 aliphatic carbocycles. The molecule has 148 valence electrons. The molecule has 5 nitrogen and oxygen atoms in total. The fourth-order valence-corrected chi connectivity index (χ4v) is 3.40. The summed E-state index contributed by atoms with van der Waals surface area (Å²) in [6.07, 6.45) is 0.0721. The highest BCUT2D eigenvalue weighted by Gasteiger charge is 2.32. The van der Waals surface area contributed by atoms with Gasteiger partial charge in [-0.05, 0) is 18.6 Å². The molecule has 0 bridgehead atoms. The zero-order valence-electron chi connectivity index (χ0n) is 16.3. The molecule has 2 aromatic rings. The lowest BCUT2D eigenvalue weighted by atomic mass is 10.1. The lowest BCUT2D eigenvalue weighted by molar-refractivity contribution is -0.138. The van der Waals surface area contributed by atoms with Gasteiger partial charge in [-0.1, -0.05) is 48.0 Å². The molecule has 2 amide bonds. The molecule has 28 heavy (non-hydrogen) atoms. The Morgan fingerprint density at radius 2 is 1.93 bits per heavy atom. The fraction of sp³-hybridized carbons (Fsp3) is 0.364. The third kappa shape index (κ3) is 4.95. The number of benzene rings is 2. The second kappa shape index (κ2) is 8.97. The second-order valence-corrected chi connectivity index (χ2v) is 7.31. The molecule has 3 rings (SSSR count). The zero-order chi connectivity index (χ0) is 20.1. The summed E-state index contributed by atoms with van der Waals surface area (Å²) in [6.45, 7) is 3.89. The van der Waals surface area contributed by atoms with Crippen molar-refractivity contribution < 1.29 is 14.0 Å². The van der Waals surface area contributed by atoms with Crippen molar-refractivity contribution in [2.45, 2.75) is 32.5 Å². The van der Waals surface area contributed by atoms with E-state index in [0.717, 1.165) is 5.56 Å². The Hall–Kier alpha value is -2.73. The summed E-state index contributed by atoms with van der Waals surface area (Å²) in [5.41, 5.74) is 2.74. The van der Waals surface area contributed by atoms with Gasteiger partial charge in [0.25, 0.3) is 0 Å². The molecule has 1 heterocycles. The summed E-state index contributed by atoms with van der Waals surface area (Å²) in [5.74, 6) is -0.587. The number of nitrogens with zero attached hydrogens (tertiary/aromatic N) is 2. The molecule has 1 saturated heterocycles. The smallest absolute Gasteiger partial charge is 0.237 e. The first kappa shape index (κ1) is 20.0. The van der Waals surface area contributed by atoms with Gasteiger partial charge in [0.2, 0.25) is 11.8 Å². The fourth-order valence-electron chi connectivity index (χ4n) is 3.40. The molecule has 2 aromatic carbocycles. The van der Waals surface area contributed by atoms with Crippen LogP contribution in [0.25, 0.3) is 0 Å². The standard InChI is InChI=1S/C22H26FN3O2/c1-16-7-9-17(10-8-16)14-25(2)21(27)13-20-22(28)24-11-12-26(20)15-18-5-3-4-6-19(18)23/h3-10,20H,11-15H2,1-2H3,(H,24,28)/t20-/m1/s1. The summed E-state index contributed by atoms with van der Waals surface area (Å²) in [4.78, 5) is 28.7. The summed E-state index contributed by atoms with van der Waals surface area (Å²) in [6, 6.07) is 14.0. The van der Waals surface area contributed by atoms with E-state index in [4.69, 9.17) is 0 Å². The molecule has 1 aliphatic heterocycles. The van der Waals surface area contributed by atoms with E-state index in [9.17, 15) is 14.0 Å². The van der Waals surface area contributed by atoms with Crippen LogP contribution in [0.5, 0.6) is 0 Å². The normalized spacial score (nSPS) is 17.2. The van der Waals surface area contributed by atoms with Gasteiger partial charge in [-0.2, -0.15) is 0 Å². The quantitative estimate of drug-likeness (QED) is 0.834. The third-order valence-corrected chi connectivity index (χ3v) is 5.11. The Bertz CT molecular complexity index is 838. The lowest BCUT2D eigenvalue weighted by Crippen LogP contribution is -2.56. The van der Waals surface area contributed by atoms with Crippen LogP contribution in [0, 0.1) is 12.7 Å². The monoisotopic (exact) mass is 383 g/mol. The van der Waals surface area contributed by atoms with Crippen molar-refractivity contribution in [3.05, 3.63) is 71.0 Å². The number of carbonyl (C=O) groups excluding carboxylic acids is 2. The van der Waals surface area contributed by atoms with Crippen LogP contribution in [-0.2, 0) is 22.7 Å². The van der Waals surface area contributed by atoms with Crippen LogP contribution in [0.15, 0.2) is 48.5 Å². The van der Waals surface area contributed by atoms with Crippen LogP contribution in [0.1, 0.15) is 23.1 Å². The van der Waals surface area contributed by atoms with Crippen LogP contribution < -0.4 is 5.32 Å². The van der Waals surface area contributed by atoms with Crippen molar-refractivity contribution in [2.75, 3.05) is 20.1 Å². The molecular formula is C22H26FN3O2. The molecule has 1 N–H and O–H groups in total. The van der Waals surface area contributed by atoms with E-state index in [0.29, 0.717) is 31.7 Å². The Morgan fingerprint density at radius 1 is 1.21 bits per heavy atom. The maximum Gasteiger partial charge on any atom is 0.237 e. The second-order valence-electron chi connectivity index (χ2n) is 7.31. The predicted molar refractivity (Wildman–Crippen MR) is 106 cm³/mol. The van der Waals surface area contributed by atoms with Crippen molar-refractivity contribution >= 4 is 11.8 Å². The van der Waals surface area contributed by atoms with Gasteiger partial charge in [-0.15, -0.1) is 0 Å². The van der Waals surface area contributed by atoms with Crippen LogP contribution in [0.2, 0.25) is 0 Å². The maximum absolute atomic E-state index is 14.0. The Balaban J connectivity index is 1.66. The number of hydrogen-bond donors (Lipinski definition) is 1. The number of rotatable bonds is 6. The average molecular weight is 383 g/mol. The molecule has 6 heteroatoms. The Kier molecular flexibility index (Phi) is 6.41. The van der Waals surface area contributed by atoms with Gasteiger partial charge in [-0.3, -0.25) is 14.5 Å². The minimum Gasteiger partial charge on any atom is -0.353 e. The molecule has 0 unspecified atom stereocenters. The number of amides is 2. The highest BCUT2D eigenvalue weighted by atomic mass is 19.1.